The molecular formula is C18H20FNO3. The maximum absolute atomic E-state index is 12.8. The lowest BCUT2D eigenvalue weighted by Gasteiger charge is -2.09. The quantitative estimate of drug-likeness (QED) is 0.748. The molecule has 0 aromatic heterocycles. The molecule has 2 rings (SSSR count). The standard InChI is InChI=1S/C18H20FNO3/c1-2-3-12-22-16-8-10-17(11-9-16)23-13-18(21)20-15-6-4-14(19)5-7-15/h4-11H,2-3,12-13H2,1H3,(H,20,21). The molecule has 0 saturated heterocycles. The van der Waals surface area contributed by atoms with Crippen molar-refractivity contribution in [3.8, 4) is 11.5 Å². The first-order valence-electron chi connectivity index (χ1n) is 7.58. The lowest BCUT2D eigenvalue weighted by molar-refractivity contribution is -0.118. The van der Waals surface area contributed by atoms with Crippen molar-refractivity contribution in [2.24, 2.45) is 0 Å². The molecule has 23 heavy (non-hydrogen) atoms. The van der Waals surface area contributed by atoms with Crippen molar-refractivity contribution in [2.45, 2.75) is 19.8 Å². The summed E-state index contributed by atoms with van der Waals surface area (Å²) in [7, 11) is 0. The van der Waals surface area contributed by atoms with Gasteiger partial charge in [-0.1, -0.05) is 13.3 Å². The van der Waals surface area contributed by atoms with E-state index in [1.807, 2.05) is 12.1 Å². The zero-order chi connectivity index (χ0) is 16.5. The third-order valence-electron chi connectivity index (χ3n) is 3.09. The molecule has 0 radical (unpaired) electrons. The second-order valence-electron chi connectivity index (χ2n) is 5.02. The molecule has 0 spiro atoms. The number of halogens is 1. The highest BCUT2D eigenvalue weighted by Crippen LogP contribution is 2.18. The van der Waals surface area contributed by atoms with Crippen molar-refractivity contribution in [1.82, 2.24) is 0 Å². The first kappa shape index (κ1) is 16.8. The van der Waals surface area contributed by atoms with E-state index in [4.69, 9.17) is 9.47 Å². The molecule has 0 heterocycles. The third kappa shape index (κ3) is 5.98. The fraction of sp³-hybridized carbons (Fsp3) is 0.278. The highest BCUT2D eigenvalue weighted by Gasteiger charge is 2.04. The van der Waals surface area contributed by atoms with Gasteiger partial charge in [-0.3, -0.25) is 4.79 Å². The number of benzene rings is 2. The van der Waals surface area contributed by atoms with Crippen molar-refractivity contribution in [3.63, 3.8) is 0 Å². The SMILES string of the molecule is CCCCOc1ccc(OCC(=O)Nc2ccc(F)cc2)cc1. The summed E-state index contributed by atoms with van der Waals surface area (Å²) in [4.78, 5) is 11.8. The Morgan fingerprint density at radius 1 is 1.00 bits per heavy atom. The summed E-state index contributed by atoms with van der Waals surface area (Å²) in [5.74, 6) is 0.712. The highest BCUT2D eigenvalue weighted by molar-refractivity contribution is 5.91. The Balaban J connectivity index is 1.76. The fourth-order valence-electron chi connectivity index (χ4n) is 1.85. The van der Waals surface area contributed by atoms with E-state index in [-0.39, 0.29) is 18.3 Å². The zero-order valence-corrected chi connectivity index (χ0v) is 13.0. The smallest absolute Gasteiger partial charge is 0.262 e. The summed E-state index contributed by atoms with van der Waals surface area (Å²) in [5.41, 5.74) is 0.527. The van der Waals surface area contributed by atoms with Gasteiger partial charge in [-0.2, -0.15) is 0 Å². The molecule has 0 fully saturated rings. The number of hydrogen-bond donors (Lipinski definition) is 1. The molecule has 0 saturated carbocycles. The van der Waals surface area contributed by atoms with Crippen molar-refractivity contribution in [2.75, 3.05) is 18.5 Å². The average Bonchev–Trinajstić information content (AvgIpc) is 2.56. The molecule has 2 aromatic rings. The molecule has 1 N–H and O–H groups in total. The molecule has 5 heteroatoms. The monoisotopic (exact) mass is 317 g/mol. The summed E-state index contributed by atoms with van der Waals surface area (Å²) < 4.78 is 23.7. The van der Waals surface area contributed by atoms with Gasteiger partial charge in [-0.25, -0.2) is 4.39 Å². The maximum atomic E-state index is 12.8. The number of carbonyl (C=O) groups excluding carboxylic acids is 1. The van der Waals surface area contributed by atoms with E-state index < -0.39 is 0 Å². The van der Waals surface area contributed by atoms with E-state index in [9.17, 15) is 9.18 Å². The number of amides is 1. The normalized spacial score (nSPS) is 10.2. The Labute approximate surface area is 135 Å². The van der Waals surface area contributed by atoms with E-state index >= 15 is 0 Å². The van der Waals surface area contributed by atoms with Crippen LogP contribution in [0.3, 0.4) is 0 Å². The summed E-state index contributed by atoms with van der Waals surface area (Å²) in [6, 6.07) is 12.7. The Morgan fingerprint density at radius 3 is 2.22 bits per heavy atom. The Bertz CT molecular complexity index is 611. The summed E-state index contributed by atoms with van der Waals surface area (Å²) in [5, 5.41) is 2.63. The van der Waals surface area contributed by atoms with E-state index in [0.717, 1.165) is 18.6 Å². The average molecular weight is 317 g/mol. The Kier molecular flexibility index (Phi) is 6.41. The molecule has 0 aliphatic rings. The van der Waals surface area contributed by atoms with Crippen molar-refractivity contribution >= 4 is 11.6 Å². The number of hydrogen-bond acceptors (Lipinski definition) is 3. The Hall–Kier alpha value is -2.56. The number of rotatable bonds is 8. The van der Waals surface area contributed by atoms with Gasteiger partial charge in [0.05, 0.1) is 6.61 Å². The number of nitrogens with one attached hydrogen (secondary N) is 1. The van der Waals surface area contributed by atoms with Crippen LogP contribution in [0.2, 0.25) is 0 Å². The molecule has 122 valence electrons. The van der Waals surface area contributed by atoms with Gasteiger partial charge in [0.2, 0.25) is 0 Å². The van der Waals surface area contributed by atoms with Crippen LogP contribution in [0.1, 0.15) is 19.8 Å². The highest BCUT2D eigenvalue weighted by atomic mass is 19.1. The molecule has 4 nitrogen and oxygen atoms in total. The lowest BCUT2D eigenvalue weighted by atomic mass is 10.3. The van der Waals surface area contributed by atoms with Crippen LogP contribution in [-0.2, 0) is 4.79 Å². The van der Waals surface area contributed by atoms with Gasteiger partial charge in [0.1, 0.15) is 17.3 Å². The molecule has 0 unspecified atom stereocenters. The minimum absolute atomic E-state index is 0.118. The molecule has 0 atom stereocenters. The second kappa shape index (κ2) is 8.78. The number of unbranched alkanes of at least 4 members (excludes halogenated alkanes) is 1. The van der Waals surface area contributed by atoms with Crippen LogP contribution in [0.5, 0.6) is 11.5 Å². The summed E-state index contributed by atoms with van der Waals surface area (Å²) in [6.07, 6.45) is 2.10. The third-order valence-corrected chi connectivity index (χ3v) is 3.09. The first-order valence-corrected chi connectivity index (χ1v) is 7.58. The molecule has 0 aliphatic carbocycles. The van der Waals surface area contributed by atoms with E-state index in [2.05, 4.69) is 12.2 Å². The predicted octanol–water partition coefficient (Wildman–Crippen LogP) is 4.02. The zero-order valence-electron chi connectivity index (χ0n) is 13.0. The van der Waals surface area contributed by atoms with E-state index in [0.29, 0.717) is 18.0 Å². The molecule has 2 aromatic carbocycles. The predicted molar refractivity (Wildman–Crippen MR) is 87.4 cm³/mol. The van der Waals surface area contributed by atoms with Gasteiger partial charge < -0.3 is 14.8 Å². The number of carbonyl (C=O) groups is 1. The number of ether oxygens (including phenoxy) is 2. The topological polar surface area (TPSA) is 47.6 Å². The van der Waals surface area contributed by atoms with Crippen LogP contribution >= 0.6 is 0 Å². The summed E-state index contributed by atoms with van der Waals surface area (Å²) in [6.45, 7) is 2.68. The van der Waals surface area contributed by atoms with Crippen molar-refractivity contribution in [3.05, 3.63) is 54.3 Å². The molecule has 1 amide bonds. The van der Waals surface area contributed by atoms with Crippen LogP contribution in [-0.4, -0.2) is 19.1 Å². The van der Waals surface area contributed by atoms with Crippen LogP contribution in [0.15, 0.2) is 48.5 Å². The van der Waals surface area contributed by atoms with Gasteiger partial charge in [-0.05, 0) is 55.0 Å². The minimum Gasteiger partial charge on any atom is -0.494 e. The van der Waals surface area contributed by atoms with Crippen molar-refractivity contribution in [1.29, 1.82) is 0 Å². The van der Waals surface area contributed by atoms with Gasteiger partial charge in [0, 0.05) is 5.69 Å². The Morgan fingerprint density at radius 2 is 1.61 bits per heavy atom. The van der Waals surface area contributed by atoms with Gasteiger partial charge in [-0.15, -0.1) is 0 Å². The lowest BCUT2D eigenvalue weighted by Crippen LogP contribution is -2.20. The molecule has 0 aliphatic heterocycles. The van der Waals surface area contributed by atoms with E-state index in [1.165, 1.54) is 24.3 Å². The second-order valence-corrected chi connectivity index (χ2v) is 5.02. The largest absolute Gasteiger partial charge is 0.494 e. The minimum atomic E-state index is -0.347. The van der Waals surface area contributed by atoms with Gasteiger partial charge >= 0.3 is 0 Å². The van der Waals surface area contributed by atoms with Gasteiger partial charge in [0.25, 0.3) is 5.91 Å². The van der Waals surface area contributed by atoms with E-state index in [1.54, 1.807) is 12.1 Å². The van der Waals surface area contributed by atoms with Crippen LogP contribution in [0.25, 0.3) is 0 Å². The molecular weight excluding hydrogens is 297 g/mol. The first-order chi connectivity index (χ1) is 11.2. The fourth-order valence-corrected chi connectivity index (χ4v) is 1.85. The van der Waals surface area contributed by atoms with Crippen molar-refractivity contribution < 1.29 is 18.7 Å². The summed E-state index contributed by atoms with van der Waals surface area (Å²) >= 11 is 0. The maximum Gasteiger partial charge on any atom is 0.262 e. The van der Waals surface area contributed by atoms with Gasteiger partial charge in [0.15, 0.2) is 6.61 Å². The number of anilines is 1. The van der Waals surface area contributed by atoms with Crippen LogP contribution < -0.4 is 14.8 Å². The molecule has 0 bridgehead atoms. The van der Waals surface area contributed by atoms with Crippen LogP contribution in [0.4, 0.5) is 10.1 Å². The van der Waals surface area contributed by atoms with Crippen LogP contribution in [0, 0.1) is 5.82 Å².